The van der Waals surface area contributed by atoms with E-state index in [0.29, 0.717) is 18.0 Å². The number of ether oxygens (including phenoxy) is 2. The second-order valence-corrected chi connectivity index (χ2v) is 4.98. The van der Waals surface area contributed by atoms with Crippen LogP contribution in [0.15, 0.2) is 36.4 Å². The van der Waals surface area contributed by atoms with Crippen LogP contribution in [0.4, 0.5) is 14.5 Å². The zero-order valence-corrected chi connectivity index (χ0v) is 12.1. The Morgan fingerprint density at radius 3 is 2.57 bits per heavy atom. The first-order chi connectivity index (χ1) is 11.1. The van der Waals surface area contributed by atoms with Crippen molar-refractivity contribution in [3.8, 4) is 11.5 Å². The normalized spacial score (nSPS) is 12.1. The van der Waals surface area contributed by atoms with Gasteiger partial charge >= 0.3 is 0 Å². The number of amides is 1. The highest BCUT2D eigenvalue weighted by Gasteiger charge is 2.13. The number of rotatable bonds is 5. The first-order valence-corrected chi connectivity index (χ1v) is 6.95. The molecule has 0 bridgehead atoms. The number of carbonyl (C=O) groups excluding carboxylic acids is 1. The van der Waals surface area contributed by atoms with E-state index in [-0.39, 0.29) is 24.9 Å². The molecule has 3 rings (SSSR count). The summed E-state index contributed by atoms with van der Waals surface area (Å²) in [6, 6.07) is 8.39. The van der Waals surface area contributed by atoms with Gasteiger partial charge in [0, 0.05) is 18.3 Å². The van der Waals surface area contributed by atoms with Crippen molar-refractivity contribution in [3.05, 3.63) is 53.6 Å². The van der Waals surface area contributed by atoms with Gasteiger partial charge in [-0.05, 0) is 29.8 Å². The minimum Gasteiger partial charge on any atom is -0.454 e. The molecule has 120 valence electrons. The van der Waals surface area contributed by atoms with Crippen LogP contribution in [-0.2, 0) is 11.3 Å². The summed E-state index contributed by atoms with van der Waals surface area (Å²) >= 11 is 0. The summed E-state index contributed by atoms with van der Waals surface area (Å²) < 4.78 is 36.5. The Hall–Kier alpha value is -2.83. The number of halogens is 2. The second kappa shape index (κ2) is 6.51. The molecule has 0 radical (unpaired) electrons. The number of benzene rings is 2. The highest BCUT2D eigenvalue weighted by atomic mass is 19.1. The van der Waals surface area contributed by atoms with Crippen LogP contribution in [0, 0.1) is 11.6 Å². The summed E-state index contributed by atoms with van der Waals surface area (Å²) in [5, 5.41) is 5.37. The number of hydrogen-bond acceptors (Lipinski definition) is 4. The lowest BCUT2D eigenvalue weighted by Gasteiger charge is -2.08. The quantitative estimate of drug-likeness (QED) is 0.888. The van der Waals surface area contributed by atoms with Gasteiger partial charge in [0.1, 0.15) is 11.6 Å². The van der Waals surface area contributed by atoms with Crippen LogP contribution >= 0.6 is 0 Å². The van der Waals surface area contributed by atoms with Crippen molar-refractivity contribution in [1.29, 1.82) is 0 Å². The highest BCUT2D eigenvalue weighted by Crippen LogP contribution is 2.32. The Morgan fingerprint density at radius 1 is 1.04 bits per heavy atom. The molecule has 1 aliphatic rings. The van der Waals surface area contributed by atoms with Crippen LogP contribution in [0.5, 0.6) is 11.5 Å². The lowest BCUT2D eigenvalue weighted by Crippen LogP contribution is -2.29. The second-order valence-electron chi connectivity index (χ2n) is 4.98. The van der Waals surface area contributed by atoms with Crippen LogP contribution in [0.3, 0.4) is 0 Å². The zero-order valence-electron chi connectivity index (χ0n) is 12.1. The lowest BCUT2D eigenvalue weighted by molar-refractivity contribution is -0.119. The average molecular weight is 320 g/mol. The molecule has 0 unspecified atom stereocenters. The minimum absolute atomic E-state index is 0.0898. The smallest absolute Gasteiger partial charge is 0.239 e. The molecule has 1 amide bonds. The van der Waals surface area contributed by atoms with Crippen molar-refractivity contribution in [1.82, 2.24) is 5.32 Å². The molecule has 0 aliphatic carbocycles. The SMILES string of the molecule is O=C(CNc1cc(F)cc(F)c1)NCc1ccc2c(c1)OCO2. The summed E-state index contributed by atoms with van der Waals surface area (Å²) in [7, 11) is 0. The zero-order chi connectivity index (χ0) is 16.2. The van der Waals surface area contributed by atoms with E-state index < -0.39 is 11.6 Å². The van der Waals surface area contributed by atoms with E-state index in [0.717, 1.165) is 23.8 Å². The first-order valence-electron chi connectivity index (χ1n) is 6.95. The van der Waals surface area contributed by atoms with Gasteiger partial charge in [0.05, 0.1) is 6.54 Å². The van der Waals surface area contributed by atoms with Crippen molar-refractivity contribution in [2.75, 3.05) is 18.7 Å². The van der Waals surface area contributed by atoms with Crippen molar-refractivity contribution in [3.63, 3.8) is 0 Å². The molecular weight excluding hydrogens is 306 g/mol. The molecule has 0 atom stereocenters. The molecule has 2 aromatic rings. The van der Waals surface area contributed by atoms with Crippen LogP contribution < -0.4 is 20.1 Å². The fourth-order valence-electron chi connectivity index (χ4n) is 2.15. The maximum Gasteiger partial charge on any atom is 0.239 e. The topological polar surface area (TPSA) is 59.6 Å². The highest BCUT2D eigenvalue weighted by molar-refractivity contribution is 5.80. The monoisotopic (exact) mass is 320 g/mol. The number of nitrogens with one attached hydrogen (secondary N) is 2. The predicted molar refractivity (Wildman–Crippen MR) is 79.3 cm³/mol. The van der Waals surface area contributed by atoms with Crippen LogP contribution in [0.2, 0.25) is 0 Å². The van der Waals surface area contributed by atoms with Gasteiger partial charge in [-0.15, -0.1) is 0 Å². The maximum absolute atomic E-state index is 13.0. The van der Waals surface area contributed by atoms with Gasteiger partial charge in [0.15, 0.2) is 11.5 Å². The van der Waals surface area contributed by atoms with Gasteiger partial charge in [-0.2, -0.15) is 0 Å². The Bertz CT molecular complexity index is 717. The lowest BCUT2D eigenvalue weighted by atomic mass is 10.2. The molecule has 0 aromatic heterocycles. The number of carbonyl (C=O) groups is 1. The largest absolute Gasteiger partial charge is 0.454 e. The number of fused-ring (bicyclic) bond motifs is 1. The van der Waals surface area contributed by atoms with E-state index in [1.807, 2.05) is 6.07 Å². The third kappa shape index (κ3) is 3.88. The molecule has 7 heteroatoms. The van der Waals surface area contributed by atoms with Crippen LogP contribution in [-0.4, -0.2) is 19.2 Å². The van der Waals surface area contributed by atoms with Gasteiger partial charge in [-0.3, -0.25) is 4.79 Å². The van der Waals surface area contributed by atoms with Gasteiger partial charge < -0.3 is 20.1 Å². The molecule has 2 aromatic carbocycles. The molecule has 5 nitrogen and oxygen atoms in total. The average Bonchev–Trinajstić information content (AvgIpc) is 2.97. The molecule has 2 N–H and O–H groups in total. The molecule has 0 saturated carbocycles. The fourth-order valence-corrected chi connectivity index (χ4v) is 2.15. The molecule has 0 fully saturated rings. The first kappa shape index (κ1) is 15.1. The molecule has 23 heavy (non-hydrogen) atoms. The molecule has 1 aliphatic heterocycles. The maximum atomic E-state index is 13.0. The van der Waals surface area contributed by atoms with Crippen molar-refractivity contribution in [2.24, 2.45) is 0 Å². The summed E-state index contributed by atoms with van der Waals surface area (Å²) in [6.07, 6.45) is 0. The Labute approximate surface area is 131 Å². The van der Waals surface area contributed by atoms with E-state index >= 15 is 0 Å². The van der Waals surface area contributed by atoms with Gasteiger partial charge in [0.2, 0.25) is 12.7 Å². The number of hydrogen-bond donors (Lipinski definition) is 2. The Morgan fingerprint density at radius 2 is 1.78 bits per heavy atom. The number of anilines is 1. The Balaban J connectivity index is 1.49. The van der Waals surface area contributed by atoms with Crippen molar-refractivity contribution < 1.29 is 23.0 Å². The van der Waals surface area contributed by atoms with E-state index in [4.69, 9.17) is 9.47 Å². The van der Waals surface area contributed by atoms with E-state index in [9.17, 15) is 13.6 Å². The standard InChI is InChI=1S/C16H14F2N2O3/c17-11-4-12(18)6-13(5-11)19-8-16(21)20-7-10-1-2-14-15(3-10)23-9-22-14/h1-6,19H,7-9H2,(H,20,21). The van der Waals surface area contributed by atoms with Gasteiger partial charge in [-0.25, -0.2) is 8.78 Å². The molecule has 1 heterocycles. The summed E-state index contributed by atoms with van der Waals surface area (Å²) in [4.78, 5) is 11.8. The van der Waals surface area contributed by atoms with Crippen LogP contribution in [0.25, 0.3) is 0 Å². The third-order valence-electron chi connectivity index (χ3n) is 3.24. The predicted octanol–water partition coefficient (Wildman–Crippen LogP) is 2.42. The van der Waals surface area contributed by atoms with Crippen LogP contribution in [0.1, 0.15) is 5.56 Å². The summed E-state index contributed by atoms with van der Waals surface area (Å²) in [5.74, 6) is -0.381. The minimum atomic E-state index is -0.701. The molecular formula is C16H14F2N2O3. The molecule has 0 saturated heterocycles. The van der Waals surface area contributed by atoms with E-state index in [2.05, 4.69) is 10.6 Å². The summed E-state index contributed by atoms with van der Waals surface area (Å²) in [5.41, 5.74) is 1.07. The van der Waals surface area contributed by atoms with Crippen molar-refractivity contribution in [2.45, 2.75) is 6.54 Å². The third-order valence-corrected chi connectivity index (χ3v) is 3.24. The Kier molecular flexibility index (Phi) is 4.27. The van der Waals surface area contributed by atoms with Gasteiger partial charge in [-0.1, -0.05) is 6.07 Å². The van der Waals surface area contributed by atoms with Gasteiger partial charge in [0.25, 0.3) is 0 Å². The van der Waals surface area contributed by atoms with Crippen molar-refractivity contribution >= 4 is 11.6 Å². The summed E-state index contributed by atoms with van der Waals surface area (Å²) in [6.45, 7) is 0.418. The van der Waals surface area contributed by atoms with E-state index in [1.54, 1.807) is 12.1 Å². The fraction of sp³-hybridized carbons (Fsp3) is 0.188. The van der Waals surface area contributed by atoms with E-state index in [1.165, 1.54) is 0 Å². The molecule has 0 spiro atoms.